The Morgan fingerprint density at radius 1 is 1.25 bits per heavy atom. The third-order valence-electron chi connectivity index (χ3n) is 3.06. The fraction of sp³-hybridized carbons (Fsp3) is 0.133. The highest BCUT2D eigenvalue weighted by atomic mass is 79.9. The summed E-state index contributed by atoms with van der Waals surface area (Å²) in [5.41, 5.74) is 8.67. The van der Waals surface area contributed by atoms with Gasteiger partial charge in [0.2, 0.25) is 0 Å². The second kappa shape index (κ2) is 5.54. The Kier molecular flexibility index (Phi) is 3.99. The summed E-state index contributed by atoms with van der Waals surface area (Å²) in [4.78, 5) is 12.2. The molecule has 0 heterocycles. The zero-order valence-electron chi connectivity index (χ0n) is 11.2. The number of halogens is 1. The number of nitrogen functional groups attached to an aromatic ring is 1. The van der Waals surface area contributed by atoms with Crippen LogP contribution < -0.4 is 11.1 Å². The highest BCUT2D eigenvalue weighted by Crippen LogP contribution is 2.28. The predicted octanol–water partition coefficient (Wildman–Crippen LogP) is 3.61. The third-order valence-corrected chi connectivity index (χ3v) is 3.52. The van der Waals surface area contributed by atoms with E-state index in [-0.39, 0.29) is 11.7 Å². The van der Waals surface area contributed by atoms with Crippen LogP contribution in [0.25, 0.3) is 0 Å². The zero-order valence-corrected chi connectivity index (χ0v) is 12.8. The van der Waals surface area contributed by atoms with Gasteiger partial charge in [0.05, 0.1) is 0 Å². The Morgan fingerprint density at radius 3 is 2.60 bits per heavy atom. The lowest BCUT2D eigenvalue weighted by Crippen LogP contribution is -2.13. The highest BCUT2D eigenvalue weighted by molar-refractivity contribution is 9.10. The van der Waals surface area contributed by atoms with E-state index in [0.717, 1.165) is 10.0 Å². The normalized spacial score (nSPS) is 10.3. The molecule has 1 amide bonds. The molecule has 0 spiro atoms. The fourth-order valence-electron chi connectivity index (χ4n) is 1.91. The molecule has 0 aliphatic carbocycles. The number of aromatic hydroxyl groups is 1. The molecule has 20 heavy (non-hydrogen) atoms. The number of nitrogens with one attached hydrogen (secondary N) is 1. The van der Waals surface area contributed by atoms with Crippen LogP contribution in [0, 0.1) is 13.8 Å². The van der Waals surface area contributed by atoms with Gasteiger partial charge >= 0.3 is 0 Å². The van der Waals surface area contributed by atoms with E-state index >= 15 is 0 Å². The smallest absolute Gasteiger partial charge is 0.255 e. The van der Waals surface area contributed by atoms with Crippen molar-refractivity contribution >= 4 is 33.2 Å². The van der Waals surface area contributed by atoms with E-state index in [9.17, 15) is 9.90 Å². The number of carbonyl (C=O) groups excluding carboxylic acids is 1. The topological polar surface area (TPSA) is 75.4 Å². The van der Waals surface area contributed by atoms with Gasteiger partial charge in [-0.05, 0) is 43.7 Å². The maximum Gasteiger partial charge on any atom is 0.255 e. The van der Waals surface area contributed by atoms with Crippen molar-refractivity contribution in [3.8, 4) is 5.75 Å². The maximum atomic E-state index is 12.2. The van der Waals surface area contributed by atoms with Gasteiger partial charge in [-0.3, -0.25) is 4.79 Å². The zero-order chi connectivity index (χ0) is 14.9. The van der Waals surface area contributed by atoms with Gasteiger partial charge in [-0.25, -0.2) is 0 Å². The van der Waals surface area contributed by atoms with E-state index in [1.54, 1.807) is 37.3 Å². The van der Waals surface area contributed by atoms with Gasteiger partial charge < -0.3 is 16.2 Å². The van der Waals surface area contributed by atoms with E-state index in [1.807, 2.05) is 6.92 Å². The first-order valence-electron chi connectivity index (χ1n) is 6.05. The van der Waals surface area contributed by atoms with Crippen LogP contribution in [0.3, 0.4) is 0 Å². The summed E-state index contributed by atoms with van der Waals surface area (Å²) < 4.78 is 0.742. The van der Waals surface area contributed by atoms with Crippen LogP contribution in [-0.2, 0) is 0 Å². The molecule has 4 N–H and O–H groups in total. The highest BCUT2D eigenvalue weighted by Gasteiger charge is 2.11. The molecule has 0 atom stereocenters. The van der Waals surface area contributed by atoms with Gasteiger partial charge in [-0.2, -0.15) is 0 Å². The van der Waals surface area contributed by atoms with E-state index in [4.69, 9.17) is 5.73 Å². The summed E-state index contributed by atoms with van der Waals surface area (Å²) in [6.07, 6.45) is 0. The van der Waals surface area contributed by atoms with Crippen LogP contribution in [0.4, 0.5) is 11.4 Å². The molecule has 2 aromatic rings. The lowest BCUT2D eigenvalue weighted by Gasteiger charge is -2.12. The first kappa shape index (κ1) is 14.4. The summed E-state index contributed by atoms with van der Waals surface area (Å²) in [6, 6.07) is 8.54. The molecule has 0 saturated carbocycles. The van der Waals surface area contributed by atoms with Crippen molar-refractivity contribution in [1.82, 2.24) is 0 Å². The summed E-state index contributed by atoms with van der Waals surface area (Å²) in [6.45, 7) is 3.57. The molecule has 0 saturated heterocycles. The first-order chi connectivity index (χ1) is 9.38. The van der Waals surface area contributed by atoms with E-state index in [1.165, 1.54) is 0 Å². The van der Waals surface area contributed by atoms with Crippen molar-refractivity contribution in [2.24, 2.45) is 0 Å². The second-order valence-electron chi connectivity index (χ2n) is 4.63. The van der Waals surface area contributed by atoms with Crippen LogP contribution in [0.2, 0.25) is 0 Å². The average Bonchev–Trinajstić information content (AvgIpc) is 2.38. The Hall–Kier alpha value is -2.01. The largest absolute Gasteiger partial charge is 0.507 e. The van der Waals surface area contributed by atoms with Crippen molar-refractivity contribution in [2.45, 2.75) is 13.8 Å². The van der Waals surface area contributed by atoms with Gasteiger partial charge in [0.15, 0.2) is 0 Å². The maximum absolute atomic E-state index is 12.2. The van der Waals surface area contributed by atoms with Crippen LogP contribution >= 0.6 is 15.9 Å². The van der Waals surface area contributed by atoms with Crippen molar-refractivity contribution in [2.75, 3.05) is 11.1 Å². The number of phenolic OH excluding ortho intramolecular Hbond substituents is 1. The number of phenols is 1. The lowest BCUT2D eigenvalue weighted by molar-refractivity contribution is 0.102. The Balaban J connectivity index is 2.30. The molecule has 5 heteroatoms. The Labute approximate surface area is 125 Å². The molecule has 2 rings (SSSR count). The van der Waals surface area contributed by atoms with Crippen molar-refractivity contribution in [3.63, 3.8) is 0 Å². The molecular formula is C15H15BrN2O2. The average molecular weight is 335 g/mol. The molecule has 0 unspecified atom stereocenters. The summed E-state index contributed by atoms with van der Waals surface area (Å²) in [5, 5.41) is 12.7. The van der Waals surface area contributed by atoms with Crippen LogP contribution in [-0.4, -0.2) is 11.0 Å². The summed E-state index contributed by atoms with van der Waals surface area (Å²) in [5.74, 6) is -0.0825. The summed E-state index contributed by atoms with van der Waals surface area (Å²) >= 11 is 3.30. The third kappa shape index (κ3) is 2.93. The van der Waals surface area contributed by atoms with Gasteiger partial charge in [0.1, 0.15) is 5.75 Å². The number of amides is 1. The quantitative estimate of drug-likeness (QED) is 0.734. The number of hydrogen-bond acceptors (Lipinski definition) is 3. The summed E-state index contributed by atoms with van der Waals surface area (Å²) in [7, 11) is 0. The second-order valence-corrected chi connectivity index (χ2v) is 5.55. The lowest BCUT2D eigenvalue weighted by atomic mass is 10.1. The van der Waals surface area contributed by atoms with E-state index in [2.05, 4.69) is 21.2 Å². The van der Waals surface area contributed by atoms with Gasteiger partial charge in [-0.15, -0.1) is 0 Å². The minimum atomic E-state index is -0.274. The number of carbonyl (C=O) groups is 1. The number of aryl methyl sites for hydroxylation is 1. The molecular weight excluding hydrogens is 320 g/mol. The SMILES string of the molecule is Cc1ccc(NC(=O)c2cc(N)cc(Br)c2)c(C)c1O. The van der Waals surface area contributed by atoms with Gasteiger partial charge in [0.25, 0.3) is 5.91 Å². The minimum Gasteiger partial charge on any atom is -0.507 e. The molecule has 0 aliphatic rings. The molecule has 0 aromatic heterocycles. The Bertz CT molecular complexity index is 664. The van der Waals surface area contributed by atoms with E-state index < -0.39 is 0 Å². The van der Waals surface area contributed by atoms with Crippen molar-refractivity contribution in [3.05, 3.63) is 51.5 Å². The van der Waals surface area contributed by atoms with Crippen LogP contribution in [0.1, 0.15) is 21.5 Å². The monoisotopic (exact) mass is 334 g/mol. The molecule has 0 aliphatic heterocycles. The molecule has 0 radical (unpaired) electrons. The van der Waals surface area contributed by atoms with Crippen molar-refractivity contribution in [1.29, 1.82) is 0 Å². The van der Waals surface area contributed by atoms with Gasteiger partial charge in [0, 0.05) is 27.0 Å². The van der Waals surface area contributed by atoms with Crippen LogP contribution in [0.15, 0.2) is 34.8 Å². The molecule has 2 aromatic carbocycles. The first-order valence-corrected chi connectivity index (χ1v) is 6.84. The van der Waals surface area contributed by atoms with Gasteiger partial charge in [-0.1, -0.05) is 22.0 Å². The predicted molar refractivity (Wildman–Crippen MR) is 84.1 cm³/mol. The van der Waals surface area contributed by atoms with Crippen molar-refractivity contribution < 1.29 is 9.90 Å². The van der Waals surface area contributed by atoms with Crippen LogP contribution in [0.5, 0.6) is 5.75 Å². The standard InChI is InChI=1S/C15H15BrN2O2/c1-8-3-4-13(9(2)14(8)19)18-15(20)10-5-11(16)7-12(17)6-10/h3-7,19H,17H2,1-2H3,(H,18,20). The molecule has 0 fully saturated rings. The number of hydrogen-bond donors (Lipinski definition) is 3. The molecule has 0 bridgehead atoms. The number of anilines is 2. The molecule has 104 valence electrons. The molecule has 4 nitrogen and oxygen atoms in total. The number of rotatable bonds is 2. The minimum absolute atomic E-state index is 0.191. The van der Waals surface area contributed by atoms with E-state index in [0.29, 0.717) is 22.5 Å². The Morgan fingerprint density at radius 2 is 1.95 bits per heavy atom. The fourth-order valence-corrected chi connectivity index (χ4v) is 2.42. The number of nitrogens with two attached hydrogens (primary N) is 1. The number of benzene rings is 2.